The first kappa shape index (κ1) is 17.0. The molecule has 0 aliphatic carbocycles. The number of ether oxygens (including phenoxy) is 2. The van der Waals surface area contributed by atoms with E-state index in [1.807, 2.05) is 30.3 Å². The highest BCUT2D eigenvalue weighted by atomic mass is 16.5. The number of rotatable bonds is 5. The van der Waals surface area contributed by atoms with Gasteiger partial charge in [0.1, 0.15) is 6.10 Å². The largest absolute Gasteiger partial charge is 0.477 e. The van der Waals surface area contributed by atoms with E-state index in [9.17, 15) is 4.79 Å². The number of amides is 2. The van der Waals surface area contributed by atoms with Gasteiger partial charge in [-0.3, -0.25) is 0 Å². The van der Waals surface area contributed by atoms with Crippen molar-refractivity contribution in [3.8, 4) is 11.8 Å². The van der Waals surface area contributed by atoms with Crippen molar-refractivity contribution in [3.63, 3.8) is 0 Å². The van der Waals surface area contributed by atoms with Crippen molar-refractivity contribution in [2.75, 3.05) is 20.2 Å². The molecule has 7 heteroatoms. The van der Waals surface area contributed by atoms with Crippen LogP contribution >= 0.6 is 0 Å². The molecule has 1 fully saturated rings. The van der Waals surface area contributed by atoms with Gasteiger partial charge in [-0.2, -0.15) is 0 Å². The third kappa shape index (κ3) is 4.59. The molecular weight excluding hydrogens is 320 g/mol. The van der Waals surface area contributed by atoms with E-state index < -0.39 is 0 Å². The average Bonchev–Trinajstić information content (AvgIpc) is 2.67. The summed E-state index contributed by atoms with van der Waals surface area (Å²) in [5.74, 6) is 0.717. The number of nitrogens with one attached hydrogen (secondary N) is 1. The number of urea groups is 1. The molecule has 1 aliphatic rings. The van der Waals surface area contributed by atoms with Crippen molar-refractivity contribution < 1.29 is 14.3 Å². The Hall–Kier alpha value is -2.83. The van der Waals surface area contributed by atoms with Crippen LogP contribution in [0.5, 0.6) is 11.8 Å². The smallest absolute Gasteiger partial charge is 0.317 e. The summed E-state index contributed by atoms with van der Waals surface area (Å²) in [6.07, 6.45) is 4.73. The van der Waals surface area contributed by atoms with E-state index in [2.05, 4.69) is 15.3 Å². The van der Waals surface area contributed by atoms with Gasteiger partial charge in [0.2, 0.25) is 0 Å². The van der Waals surface area contributed by atoms with Crippen molar-refractivity contribution >= 4 is 6.03 Å². The molecule has 3 rings (SSSR count). The molecule has 1 unspecified atom stereocenters. The maximum absolute atomic E-state index is 12.4. The van der Waals surface area contributed by atoms with E-state index in [0.717, 1.165) is 24.9 Å². The van der Waals surface area contributed by atoms with E-state index in [1.54, 1.807) is 17.3 Å². The highest BCUT2D eigenvalue weighted by molar-refractivity contribution is 5.74. The zero-order valence-corrected chi connectivity index (χ0v) is 14.2. The van der Waals surface area contributed by atoms with Crippen LogP contribution in [0.15, 0.2) is 42.7 Å². The summed E-state index contributed by atoms with van der Waals surface area (Å²) in [6.45, 7) is 1.75. The van der Waals surface area contributed by atoms with Crippen LogP contribution in [0, 0.1) is 0 Å². The number of carbonyl (C=O) groups is 1. The first-order valence-electron chi connectivity index (χ1n) is 8.34. The quantitative estimate of drug-likeness (QED) is 0.902. The number of hydrogen-bond acceptors (Lipinski definition) is 5. The minimum atomic E-state index is -0.123. The van der Waals surface area contributed by atoms with Gasteiger partial charge in [-0.05, 0) is 18.4 Å². The fraction of sp³-hybridized carbons (Fsp3) is 0.389. The van der Waals surface area contributed by atoms with Gasteiger partial charge in [0.05, 0.1) is 13.7 Å². The number of benzene rings is 1. The number of hydrogen-bond donors (Lipinski definition) is 1. The number of methoxy groups -OCH3 is 1. The molecule has 132 valence electrons. The topological polar surface area (TPSA) is 76.6 Å². The molecule has 1 aromatic heterocycles. The van der Waals surface area contributed by atoms with Gasteiger partial charge in [0.25, 0.3) is 11.8 Å². The van der Waals surface area contributed by atoms with Crippen LogP contribution in [0.1, 0.15) is 18.4 Å². The van der Waals surface area contributed by atoms with Gasteiger partial charge in [-0.15, -0.1) is 0 Å². The van der Waals surface area contributed by atoms with Crippen molar-refractivity contribution in [2.24, 2.45) is 0 Å². The Morgan fingerprint density at radius 2 is 2.00 bits per heavy atom. The summed E-state index contributed by atoms with van der Waals surface area (Å²) in [5, 5.41) is 2.95. The maximum Gasteiger partial charge on any atom is 0.317 e. The molecule has 0 saturated carbocycles. The Morgan fingerprint density at radius 1 is 1.24 bits per heavy atom. The predicted molar refractivity (Wildman–Crippen MR) is 92.5 cm³/mol. The molecule has 1 aliphatic heterocycles. The Balaban J connectivity index is 1.54. The van der Waals surface area contributed by atoms with Gasteiger partial charge in [0.15, 0.2) is 0 Å². The zero-order chi connectivity index (χ0) is 17.5. The summed E-state index contributed by atoms with van der Waals surface area (Å²) in [5.41, 5.74) is 1.07. The normalized spacial score (nSPS) is 17.0. The fourth-order valence-corrected chi connectivity index (χ4v) is 2.80. The van der Waals surface area contributed by atoms with Crippen LogP contribution in [-0.4, -0.2) is 47.2 Å². The summed E-state index contributed by atoms with van der Waals surface area (Å²) >= 11 is 0. The molecule has 1 saturated heterocycles. The van der Waals surface area contributed by atoms with Crippen LogP contribution in [0.3, 0.4) is 0 Å². The number of piperidine rings is 1. The van der Waals surface area contributed by atoms with Crippen molar-refractivity contribution in [2.45, 2.75) is 25.5 Å². The second-order valence-electron chi connectivity index (χ2n) is 5.84. The third-order valence-corrected chi connectivity index (χ3v) is 4.06. The molecule has 0 spiro atoms. The highest BCUT2D eigenvalue weighted by Crippen LogP contribution is 2.23. The van der Waals surface area contributed by atoms with Crippen molar-refractivity contribution in [3.05, 3.63) is 48.3 Å². The summed E-state index contributed by atoms with van der Waals surface area (Å²) in [4.78, 5) is 22.4. The standard InChI is InChI=1S/C18H22N4O3/c1-24-16-17(20-10-9-19-16)25-15-8-5-11-22(13-15)18(23)21-12-14-6-3-2-4-7-14/h2-4,6-7,9-10,15H,5,8,11-13H2,1H3,(H,21,23). The Kier molecular flexibility index (Phi) is 5.66. The molecule has 1 atom stereocenters. The molecule has 2 heterocycles. The van der Waals surface area contributed by atoms with Gasteiger partial charge in [-0.1, -0.05) is 30.3 Å². The minimum absolute atomic E-state index is 0.0803. The fourth-order valence-electron chi connectivity index (χ4n) is 2.80. The van der Waals surface area contributed by atoms with E-state index in [-0.39, 0.29) is 12.1 Å². The Morgan fingerprint density at radius 3 is 2.76 bits per heavy atom. The van der Waals surface area contributed by atoms with Crippen molar-refractivity contribution in [1.82, 2.24) is 20.2 Å². The van der Waals surface area contributed by atoms with E-state index in [4.69, 9.17) is 9.47 Å². The molecule has 0 radical (unpaired) electrons. The lowest BCUT2D eigenvalue weighted by Gasteiger charge is -2.32. The van der Waals surface area contributed by atoms with Crippen LogP contribution in [0.25, 0.3) is 0 Å². The maximum atomic E-state index is 12.4. The molecule has 1 N–H and O–H groups in total. The highest BCUT2D eigenvalue weighted by Gasteiger charge is 2.26. The minimum Gasteiger partial charge on any atom is -0.477 e. The lowest BCUT2D eigenvalue weighted by Crippen LogP contribution is -2.48. The van der Waals surface area contributed by atoms with Crippen molar-refractivity contribution in [1.29, 1.82) is 0 Å². The van der Waals surface area contributed by atoms with Gasteiger partial charge in [-0.25, -0.2) is 14.8 Å². The van der Waals surface area contributed by atoms with Crippen LogP contribution in [-0.2, 0) is 6.54 Å². The summed E-state index contributed by atoms with van der Waals surface area (Å²) in [7, 11) is 1.53. The molecule has 2 aromatic rings. The van der Waals surface area contributed by atoms with Crippen LogP contribution < -0.4 is 14.8 Å². The Bertz CT molecular complexity index is 696. The molecule has 0 bridgehead atoms. The Labute approximate surface area is 147 Å². The third-order valence-electron chi connectivity index (χ3n) is 4.06. The number of carbonyl (C=O) groups excluding carboxylic acids is 1. The average molecular weight is 342 g/mol. The monoisotopic (exact) mass is 342 g/mol. The molecular formula is C18H22N4O3. The first-order chi connectivity index (χ1) is 12.3. The van der Waals surface area contributed by atoms with E-state index in [0.29, 0.717) is 24.8 Å². The summed E-state index contributed by atoms with van der Waals surface area (Å²) in [6, 6.07) is 9.77. The molecule has 2 amide bonds. The summed E-state index contributed by atoms with van der Waals surface area (Å²) < 4.78 is 11.1. The molecule has 1 aromatic carbocycles. The second kappa shape index (κ2) is 8.32. The van der Waals surface area contributed by atoms with E-state index in [1.165, 1.54) is 7.11 Å². The van der Waals surface area contributed by atoms with Crippen LogP contribution in [0.4, 0.5) is 4.79 Å². The molecule has 7 nitrogen and oxygen atoms in total. The van der Waals surface area contributed by atoms with Gasteiger partial charge < -0.3 is 19.7 Å². The lowest BCUT2D eigenvalue weighted by atomic mass is 10.1. The zero-order valence-electron chi connectivity index (χ0n) is 14.2. The molecule has 25 heavy (non-hydrogen) atoms. The SMILES string of the molecule is COc1nccnc1OC1CCCN(C(=O)NCc2ccccc2)C1. The lowest BCUT2D eigenvalue weighted by molar-refractivity contribution is 0.0943. The van der Waals surface area contributed by atoms with Gasteiger partial charge in [0, 0.05) is 25.5 Å². The van der Waals surface area contributed by atoms with Gasteiger partial charge >= 0.3 is 6.03 Å². The van der Waals surface area contributed by atoms with E-state index >= 15 is 0 Å². The number of likely N-dealkylation sites (tertiary alicyclic amines) is 1. The predicted octanol–water partition coefficient (Wildman–Crippen LogP) is 2.24. The van der Waals surface area contributed by atoms with Crippen LogP contribution in [0.2, 0.25) is 0 Å². The second-order valence-corrected chi connectivity index (χ2v) is 5.84. The number of aromatic nitrogens is 2. The number of nitrogens with zero attached hydrogens (tertiary/aromatic N) is 3. The first-order valence-corrected chi connectivity index (χ1v) is 8.34.